The van der Waals surface area contributed by atoms with Crippen LogP contribution in [-0.2, 0) is 6.42 Å². The van der Waals surface area contributed by atoms with Gasteiger partial charge in [0.1, 0.15) is 0 Å². The van der Waals surface area contributed by atoms with E-state index >= 15 is 0 Å². The maximum absolute atomic E-state index is 12.4. The van der Waals surface area contributed by atoms with Crippen LogP contribution in [0.3, 0.4) is 0 Å². The second kappa shape index (κ2) is 6.55. The van der Waals surface area contributed by atoms with E-state index in [1.165, 1.54) is 5.56 Å². The first-order valence-corrected chi connectivity index (χ1v) is 7.73. The molecule has 0 N–H and O–H groups in total. The number of benzene rings is 2. The third-order valence-corrected chi connectivity index (χ3v) is 3.93. The van der Waals surface area contributed by atoms with E-state index in [2.05, 4.69) is 29.8 Å². The van der Waals surface area contributed by atoms with Gasteiger partial charge in [-0.25, -0.2) is 0 Å². The number of carbonyl (C=O) groups is 1. The van der Waals surface area contributed by atoms with Gasteiger partial charge in [-0.3, -0.25) is 4.79 Å². The van der Waals surface area contributed by atoms with Gasteiger partial charge in [0.25, 0.3) is 0 Å². The van der Waals surface area contributed by atoms with Crippen molar-refractivity contribution in [3.63, 3.8) is 0 Å². The molecule has 20 heavy (non-hydrogen) atoms. The van der Waals surface area contributed by atoms with Crippen LogP contribution in [0.2, 0.25) is 5.02 Å². The Balaban J connectivity index is 2.25. The normalized spacial score (nSPS) is 10.8. The first-order valence-electron chi connectivity index (χ1n) is 6.56. The van der Waals surface area contributed by atoms with E-state index in [-0.39, 0.29) is 5.78 Å². The zero-order chi connectivity index (χ0) is 14.7. The van der Waals surface area contributed by atoms with Crippen molar-refractivity contribution in [2.24, 2.45) is 5.92 Å². The lowest BCUT2D eigenvalue weighted by Crippen LogP contribution is -2.03. The molecule has 104 valence electrons. The molecule has 0 amide bonds. The van der Waals surface area contributed by atoms with Crippen LogP contribution in [0.15, 0.2) is 46.9 Å². The van der Waals surface area contributed by atoms with Gasteiger partial charge in [0.15, 0.2) is 5.78 Å². The molecule has 0 spiro atoms. The first-order chi connectivity index (χ1) is 9.47. The first kappa shape index (κ1) is 15.3. The molecule has 0 heterocycles. The fourth-order valence-corrected chi connectivity index (χ4v) is 2.96. The van der Waals surface area contributed by atoms with Gasteiger partial charge in [-0.05, 0) is 52.0 Å². The minimum Gasteiger partial charge on any atom is -0.289 e. The molecule has 2 aromatic rings. The average molecular weight is 352 g/mol. The quantitative estimate of drug-likeness (QED) is 0.662. The van der Waals surface area contributed by atoms with Crippen LogP contribution in [0.25, 0.3) is 0 Å². The van der Waals surface area contributed by atoms with E-state index in [1.807, 2.05) is 24.3 Å². The van der Waals surface area contributed by atoms with Gasteiger partial charge in [-0.1, -0.05) is 49.7 Å². The molecular formula is C17H16BrClO. The summed E-state index contributed by atoms with van der Waals surface area (Å²) in [5.74, 6) is 0.617. The minimum absolute atomic E-state index is 0.00430. The summed E-state index contributed by atoms with van der Waals surface area (Å²) in [6.07, 6.45) is 1.03. The second-order valence-electron chi connectivity index (χ2n) is 5.25. The molecule has 0 bridgehead atoms. The third-order valence-electron chi connectivity index (χ3n) is 3.04. The Labute approximate surface area is 133 Å². The number of carbonyl (C=O) groups excluding carboxylic acids is 1. The van der Waals surface area contributed by atoms with Gasteiger partial charge in [-0.2, -0.15) is 0 Å². The molecule has 0 aromatic heterocycles. The van der Waals surface area contributed by atoms with Crippen molar-refractivity contribution in [3.05, 3.63) is 68.7 Å². The molecule has 0 radical (unpaired) electrons. The van der Waals surface area contributed by atoms with E-state index in [0.717, 1.165) is 10.9 Å². The Kier molecular flexibility index (Phi) is 5.00. The van der Waals surface area contributed by atoms with Crippen LogP contribution in [0, 0.1) is 5.92 Å². The van der Waals surface area contributed by atoms with Gasteiger partial charge in [0.2, 0.25) is 0 Å². The molecule has 0 aliphatic carbocycles. The lowest BCUT2D eigenvalue weighted by Gasteiger charge is -2.07. The van der Waals surface area contributed by atoms with E-state index < -0.39 is 0 Å². The maximum atomic E-state index is 12.4. The SMILES string of the molecule is CC(C)Cc1ccc(C(=O)c2ccc(Cl)cc2Br)cc1. The van der Waals surface area contributed by atoms with Crippen molar-refractivity contribution >= 4 is 33.3 Å². The zero-order valence-corrected chi connectivity index (χ0v) is 13.8. The smallest absolute Gasteiger partial charge is 0.194 e. The van der Waals surface area contributed by atoms with Crippen LogP contribution in [0.1, 0.15) is 35.3 Å². The lowest BCUT2D eigenvalue weighted by atomic mass is 9.98. The van der Waals surface area contributed by atoms with Gasteiger partial charge in [-0.15, -0.1) is 0 Å². The summed E-state index contributed by atoms with van der Waals surface area (Å²) >= 11 is 9.28. The van der Waals surface area contributed by atoms with Crippen molar-refractivity contribution in [3.8, 4) is 0 Å². The molecule has 0 saturated carbocycles. The average Bonchev–Trinajstić information content (AvgIpc) is 2.38. The summed E-state index contributed by atoms with van der Waals surface area (Å²) in [5.41, 5.74) is 2.58. The Hall–Kier alpha value is -1.12. The fourth-order valence-electron chi connectivity index (χ4n) is 2.09. The van der Waals surface area contributed by atoms with Crippen molar-refractivity contribution in [2.75, 3.05) is 0 Å². The third kappa shape index (κ3) is 3.71. The van der Waals surface area contributed by atoms with Crippen molar-refractivity contribution in [2.45, 2.75) is 20.3 Å². The second-order valence-corrected chi connectivity index (χ2v) is 6.54. The molecule has 0 unspecified atom stereocenters. The fraction of sp³-hybridized carbons (Fsp3) is 0.235. The van der Waals surface area contributed by atoms with E-state index in [4.69, 9.17) is 11.6 Å². The largest absolute Gasteiger partial charge is 0.289 e. The van der Waals surface area contributed by atoms with E-state index in [9.17, 15) is 4.79 Å². The summed E-state index contributed by atoms with van der Waals surface area (Å²) in [5, 5.41) is 0.612. The van der Waals surface area contributed by atoms with Gasteiger partial charge in [0, 0.05) is 20.6 Å². The van der Waals surface area contributed by atoms with E-state index in [1.54, 1.807) is 18.2 Å². The molecule has 0 fully saturated rings. The summed E-state index contributed by atoms with van der Waals surface area (Å²) < 4.78 is 0.723. The molecule has 3 heteroatoms. The molecule has 1 nitrogen and oxygen atoms in total. The van der Waals surface area contributed by atoms with Crippen LogP contribution >= 0.6 is 27.5 Å². The highest BCUT2D eigenvalue weighted by Crippen LogP contribution is 2.24. The molecule has 2 rings (SSSR count). The minimum atomic E-state index is 0.00430. The van der Waals surface area contributed by atoms with Gasteiger partial charge >= 0.3 is 0 Å². The molecule has 0 atom stereocenters. The molecule has 0 aliphatic rings. The number of halogens is 2. The Morgan fingerprint density at radius 2 is 1.80 bits per heavy atom. The maximum Gasteiger partial charge on any atom is 0.194 e. The summed E-state index contributed by atoms with van der Waals surface area (Å²) in [4.78, 5) is 12.4. The van der Waals surface area contributed by atoms with E-state index in [0.29, 0.717) is 22.1 Å². The molecule has 0 saturated heterocycles. The van der Waals surface area contributed by atoms with Crippen LogP contribution in [0.4, 0.5) is 0 Å². The van der Waals surface area contributed by atoms with Crippen molar-refractivity contribution in [1.29, 1.82) is 0 Å². The monoisotopic (exact) mass is 350 g/mol. The molecule has 2 aromatic carbocycles. The van der Waals surface area contributed by atoms with Crippen molar-refractivity contribution in [1.82, 2.24) is 0 Å². The summed E-state index contributed by atoms with van der Waals surface area (Å²) in [6, 6.07) is 13.0. The number of ketones is 1. The highest BCUT2D eigenvalue weighted by molar-refractivity contribution is 9.10. The Bertz CT molecular complexity index is 617. The predicted molar refractivity (Wildman–Crippen MR) is 87.6 cm³/mol. The number of hydrogen-bond donors (Lipinski definition) is 0. The zero-order valence-electron chi connectivity index (χ0n) is 11.5. The number of hydrogen-bond acceptors (Lipinski definition) is 1. The van der Waals surface area contributed by atoms with Gasteiger partial charge < -0.3 is 0 Å². The Morgan fingerprint density at radius 3 is 2.35 bits per heavy atom. The van der Waals surface area contributed by atoms with Crippen LogP contribution < -0.4 is 0 Å². The highest BCUT2D eigenvalue weighted by atomic mass is 79.9. The number of rotatable bonds is 4. The summed E-state index contributed by atoms with van der Waals surface area (Å²) in [6.45, 7) is 4.37. The Morgan fingerprint density at radius 1 is 1.15 bits per heavy atom. The van der Waals surface area contributed by atoms with Crippen molar-refractivity contribution < 1.29 is 4.79 Å². The topological polar surface area (TPSA) is 17.1 Å². The standard InChI is InChI=1S/C17H16BrClO/c1-11(2)9-12-3-5-13(6-4-12)17(20)15-8-7-14(19)10-16(15)18/h3-8,10-11H,9H2,1-2H3. The van der Waals surface area contributed by atoms with Crippen LogP contribution in [-0.4, -0.2) is 5.78 Å². The predicted octanol–water partition coefficient (Wildman–Crippen LogP) is 5.53. The lowest BCUT2D eigenvalue weighted by molar-refractivity contribution is 0.103. The van der Waals surface area contributed by atoms with Gasteiger partial charge in [0.05, 0.1) is 0 Å². The summed E-state index contributed by atoms with van der Waals surface area (Å²) in [7, 11) is 0. The molecular weight excluding hydrogens is 336 g/mol. The molecule has 0 aliphatic heterocycles. The highest BCUT2D eigenvalue weighted by Gasteiger charge is 2.12. The van der Waals surface area contributed by atoms with Crippen LogP contribution in [0.5, 0.6) is 0 Å².